The highest BCUT2D eigenvalue weighted by Crippen LogP contribution is 2.28. The SMILES string of the molecule is C.CN1CC(Cc2ccc(Cl)cc2)N(C2CCN(C(=O)OC(C)(C)C)CC2)C[C@@H]1CO.CN1CC(Cc2ccc(Cl)cc2)N(C2CCNCC2)C[C@@H]1CO.Cl.Cl. The van der Waals surface area contributed by atoms with E-state index in [0.717, 1.165) is 75.0 Å². The first-order valence-corrected chi connectivity index (χ1v) is 20.4. The molecule has 56 heavy (non-hydrogen) atoms. The lowest BCUT2D eigenvalue weighted by Gasteiger charge is -2.49. The summed E-state index contributed by atoms with van der Waals surface area (Å²) in [6, 6.07) is 18.7. The molecule has 4 saturated heterocycles. The van der Waals surface area contributed by atoms with Gasteiger partial charge in [0.25, 0.3) is 0 Å². The van der Waals surface area contributed by atoms with Gasteiger partial charge >= 0.3 is 6.09 Å². The maximum Gasteiger partial charge on any atom is 0.410 e. The van der Waals surface area contributed by atoms with Crippen molar-refractivity contribution >= 4 is 54.1 Å². The number of piperazine rings is 2. The number of carbonyl (C=O) groups excluding carboxylic acids is 1. The molecule has 4 heterocycles. The van der Waals surface area contributed by atoms with Crippen molar-refractivity contribution < 1.29 is 19.7 Å². The Morgan fingerprint density at radius 1 is 0.696 bits per heavy atom. The van der Waals surface area contributed by atoms with Crippen LogP contribution in [-0.2, 0) is 17.6 Å². The normalized spacial score (nSPS) is 24.8. The molecule has 2 unspecified atom stereocenters. The van der Waals surface area contributed by atoms with Crippen molar-refractivity contribution in [1.29, 1.82) is 0 Å². The Balaban J connectivity index is 0.000000378. The molecule has 0 spiro atoms. The molecule has 0 radical (unpaired) electrons. The van der Waals surface area contributed by atoms with Crippen molar-refractivity contribution in [2.24, 2.45) is 0 Å². The summed E-state index contributed by atoms with van der Waals surface area (Å²) in [6.45, 7) is 13.5. The highest BCUT2D eigenvalue weighted by atomic mass is 35.5. The van der Waals surface area contributed by atoms with E-state index in [-0.39, 0.29) is 63.6 Å². The molecule has 4 aliphatic rings. The van der Waals surface area contributed by atoms with Crippen LogP contribution in [0.5, 0.6) is 0 Å². The molecule has 0 aliphatic carbocycles. The van der Waals surface area contributed by atoms with E-state index < -0.39 is 5.60 Å². The smallest absolute Gasteiger partial charge is 0.410 e. The van der Waals surface area contributed by atoms with Crippen molar-refractivity contribution in [2.75, 3.05) is 79.7 Å². The van der Waals surface area contributed by atoms with Gasteiger partial charge in [-0.1, -0.05) is 54.9 Å². The minimum Gasteiger partial charge on any atom is -0.444 e. The summed E-state index contributed by atoms with van der Waals surface area (Å²) in [5, 5.41) is 24.6. The Morgan fingerprint density at radius 2 is 1.09 bits per heavy atom. The topological polar surface area (TPSA) is 95.0 Å². The summed E-state index contributed by atoms with van der Waals surface area (Å²) in [5.41, 5.74) is 2.15. The van der Waals surface area contributed by atoms with E-state index in [1.54, 1.807) is 0 Å². The van der Waals surface area contributed by atoms with Crippen LogP contribution in [0.1, 0.15) is 65.0 Å². The molecule has 4 aliphatic heterocycles. The Kier molecular flexibility index (Phi) is 21.7. The lowest BCUT2D eigenvalue weighted by molar-refractivity contribution is -0.0255. The summed E-state index contributed by atoms with van der Waals surface area (Å²) in [6.07, 6.45) is 6.05. The number of aliphatic hydroxyl groups excluding tert-OH is 2. The highest BCUT2D eigenvalue weighted by molar-refractivity contribution is 6.30. The third-order valence-electron chi connectivity index (χ3n) is 11.6. The molecule has 6 rings (SSSR count). The zero-order valence-corrected chi connectivity index (χ0v) is 36.6. The van der Waals surface area contributed by atoms with Gasteiger partial charge in [0.05, 0.1) is 13.2 Å². The van der Waals surface area contributed by atoms with Crippen LogP contribution in [0.15, 0.2) is 48.5 Å². The number of amides is 1. The third kappa shape index (κ3) is 14.7. The zero-order valence-electron chi connectivity index (χ0n) is 33.4. The maximum atomic E-state index is 12.4. The van der Waals surface area contributed by atoms with E-state index in [1.165, 1.54) is 24.0 Å². The molecule has 14 heteroatoms. The molecular weight excluding hydrogens is 794 g/mol. The summed E-state index contributed by atoms with van der Waals surface area (Å²) < 4.78 is 5.54. The number of benzene rings is 2. The van der Waals surface area contributed by atoms with Crippen molar-refractivity contribution in [2.45, 2.75) is 109 Å². The fraction of sp³-hybridized carbons (Fsp3) is 0.690. The van der Waals surface area contributed by atoms with Crippen molar-refractivity contribution in [3.05, 3.63) is 69.7 Å². The number of likely N-dealkylation sites (tertiary alicyclic amines) is 1. The minimum atomic E-state index is -0.469. The lowest BCUT2D eigenvalue weighted by Crippen LogP contribution is -2.62. The first-order valence-electron chi connectivity index (χ1n) is 19.6. The molecule has 3 N–H and O–H groups in total. The molecule has 10 nitrogen and oxygen atoms in total. The van der Waals surface area contributed by atoms with E-state index in [2.05, 4.69) is 63.3 Å². The number of carbonyl (C=O) groups is 1. The van der Waals surface area contributed by atoms with Crippen LogP contribution in [0.25, 0.3) is 0 Å². The first kappa shape index (κ1) is 50.7. The number of piperidine rings is 2. The van der Waals surface area contributed by atoms with Crippen molar-refractivity contribution in [3.8, 4) is 0 Å². The standard InChI is InChI=1S/C23H36ClN3O3.C18H28ClN3O.CH4.2ClH/c1-23(2,3)30-22(29)26-11-9-19(10-12-26)27-15-21(16-28)25(4)14-20(27)13-17-5-7-18(24)8-6-17;1-21-11-17(10-14-2-4-15(19)5-3-14)22(12-18(21)13-23)16-6-8-20-9-7-16;;;/h5-8,19-21,28H,9-16H2,1-4H3;2-5,16-18,20,23H,6-13H2,1H3;1H4;2*1H/t20?,21-;17?,18-;;;/m11.../s1. The van der Waals surface area contributed by atoms with Gasteiger partial charge in [-0.25, -0.2) is 4.79 Å². The van der Waals surface area contributed by atoms with Gasteiger partial charge in [0.2, 0.25) is 0 Å². The van der Waals surface area contributed by atoms with Gasteiger partial charge < -0.3 is 25.2 Å². The van der Waals surface area contributed by atoms with Gasteiger partial charge in [-0.05, 0) is 122 Å². The van der Waals surface area contributed by atoms with Crippen molar-refractivity contribution in [1.82, 2.24) is 29.8 Å². The predicted molar refractivity (Wildman–Crippen MR) is 236 cm³/mol. The molecule has 0 saturated carbocycles. The van der Waals surface area contributed by atoms with Crippen LogP contribution in [-0.4, -0.2) is 162 Å². The molecule has 4 atom stereocenters. The van der Waals surface area contributed by atoms with Crippen LogP contribution >= 0.6 is 48.0 Å². The number of nitrogens with zero attached hydrogens (tertiary/aromatic N) is 5. The van der Waals surface area contributed by atoms with Crippen LogP contribution in [0, 0.1) is 0 Å². The second kappa shape index (κ2) is 24.0. The number of hydrogen-bond acceptors (Lipinski definition) is 9. The van der Waals surface area contributed by atoms with Gasteiger partial charge in [-0.2, -0.15) is 0 Å². The molecule has 4 fully saturated rings. The number of nitrogens with one attached hydrogen (secondary N) is 1. The molecular formula is C42H70Cl4N6O4. The summed E-state index contributed by atoms with van der Waals surface area (Å²) in [4.78, 5) is 24.1. The molecule has 0 bridgehead atoms. The number of ether oxygens (including phenoxy) is 1. The van der Waals surface area contributed by atoms with Crippen LogP contribution < -0.4 is 5.32 Å². The van der Waals surface area contributed by atoms with E-state index in [0.29, 0.717) is 37.3 Å². The second-order valence-electron chi connectivity index (χ2n) is 16.6. The summed E-state index contributed by atoms with van der Waals surface area (Å²) in [7, 11) is 4.23. The molecule has 2 aromatic rings. The first-order chi connectivity index (χ1) is 25.3. The number of aliphatic hydroxyl groups is 2. The van der Waals surface area contributed by atoms with Crippen LogP contribution in [0.3, 0.4) is 0 Å². The fourth-order valence-electron chi connectivity index (χ4n) is 8.52. The number of likely N-dealkylation sites (N-methyl/N-ethyl adjacent to an activating group) is 2. The largest absolute Gasteiger partial charge is 0.444 e. The molecule has 0 aromatic heterocycles. The Morgan fingerprint density at radius 3 is 1.46 bits per heavy atom. The predicted octanol–water partition coefficient (Wildman–Crippen LogP) is 6.35. The van der Waals surface area contributed by atoms with Gasteiger partial charge in [0, 0.05) is 85.6 Å². The quantitative estimate of drug-likeness (QED) is 0.281. The second-order valence-corrected chi connectivity index (χ2v) is 17.5. The Bertz CT molecular complexity index is 1410. The van der Waals surface area contributed by atoms with Crippen LogP contribution in [0.2, 0.25) is 10.0 Å². The van der Waals surface area contributed by atoms with Gasteiger partial charge in [0.1, 0.15) is 5.60 Å². The molecule has 2 aromatic carbocycles. The third-order valence-corrected chi connectivity index (χ3v) is 12.1. The van der Waals surface area contributed by atoms with Gasteiger partial charge in [0.15, 0.2) is 0 Å². The minimum absolute atomic E-state index is 0. The Labute approximate surface area is 360 Å². The van der Waals surface area contributed by atoms with E-state index in [4.69, 9.17) is 27.9 Å². The lowest BCUT2D eigenvalue weighted by atomic mass is 9.94. The number of rotatable bonds is 8. The van der Waals surface area contributed by atoms with E-state index in [9.17, 15) is 15.0 Å². The van der Waals surface area contributed by atoms with E-state index >= 15 is 0 Å². The average Bonchev–Trinajstić information content (AvgIpc) is 3.14. The monoisotopic (exact) mass is 862 g/mol. The fourth-order valence-corrected chi connectivity index (χ4v) is 8.77. The van der Waals surface area contributed by atoms with Crippen LogP contribution in [0.4, 0.5) is 4.79 Å². The zero-order chi connectivity index (χ0) is 38.1. The van der Waals surface area contributed by atoms with E-state index in [1.807, 2.05) is 49.9 Å². The molecule has 1 amide bonds. The highest BCUT2D eigenvalue weighted by Gasteiger charge is 2.38. The molecule has 320 valence electrons. The number of hydrogen-bond donors (Lipinski definition) is 3. The maximum absolute atomic E-state index is 12.4. The Hall–Kier alpha value is -1.41. The summed E-state index contributed by atoms with van der Waals surface area (Å²) >= 11 is 12.1. The number of halogens is 4. The summed E-state index contributed by atoms with van der Waals surface area (Å²) in [5.74, 6) is 0. The van der Waals surface area contributed by atoms with Gasteiger partial charge in [-0.15, -0.1) is 24.8 Å². The average molecular weight is 865 g/mol. The van der Waals surface area contributed by atoms with Gasteiger partial charge in [-0.3, -0.25) is 19.6 Å². The van der Waals surface area contributed by atoms with Crippen molar-refractivity contribution in [3.63, 3.8) is 0 Å².